The number of hydrogen-bond acceptors (Lipinski definition) is 1. The van der Waals surface area contributed by atoms with Crippen LogP contribution in [0.4, 0.5) is 0 Å². The van der Waals surface area contributed by atoms with Gasteiger partial charge in [0.25, 0.3) is 0 Å². The molecule has 0 unspecified atom stereocenters. The Morgan fingerprint density at radius 3 is 2.53 bits per heavy atom. The van der Waals surface area contributed by atoms with Gasteiger partial charge in [0, 0.05) is 16.0 Å². The molecule has 0 atom stereocenters. The Morgan fingerprint density at radius 2 is 1.74 bits per heavy atom. The average molecular weight is 400 g/mol. The minimum Gasteiger partial charge on any atom is -0.247 e. The molecule has 1 nitrogen and oxygen atoms in total. The molecule has 1 heterocycles. The number of benzene rings is 2. The van der Waals surface area contributed by atoms with E-state index in [0.29, 0.717) is 5.02 Å². The van der Waals surface area contributed by atoms with E-state index in [-0.39, 0.29) is 0 Å². The summed E-state index contributed by atoms with van der Waals surface area (Å²) in [5.74, 6) is 0. The lowest BCUT2D eigenvalue weighted by Gasteiger charge is -2.09. The minimum atomic E-state index is 0.694. The second kappa shape index (κ2) is 5.27. The van der Waals surface area contributed by atoms with Crippen molar-refractivity contribution in [3.8, 4) is 11.3 Å². The predicted molar refractivity (Wildman–Crippen MR) is 89.9 cm³/mol. The molecular formula is C15H8Cl2IN. The molecule has 0 aliphatic carbocycles. The van der Waals surface area contributed by atoms with Crippen LogP contribution in [-0.2, 0) is 0 Å². The number of hydrogen-bond donors (Lipinski definition) is 0. The summed E-state index contributed by atoms with van der Waals surface area (Å²) in [6.07, 6.45) is 0. The van der Waals surface area contributed by atoms with Gasteiger partial charge in [-0.05, 0) is 40.8 Å². The van der Waals surface area contributed by atoms with Crippen molar-refractivity contribution in [3.63, 3.8) is 0 Å². The number of aromatic nitrogens is 1. The van der Waals surface area contributed by atoms with Crippen LogP contribution in [0.15, 0.2) is 48.5 Å². The summed E-state index contributed by atoms with van der Waals surface area (Å²) in [7, 11) is 0. The Hall–Kier alpha value is -0.840. The summed E-state index contributed by atoms with van der Waals surface area (Å²) in [6, 6.07) is 15.5. The topological polar surface area (TPSA) is 12.9 Å². The Balaban J connectivity index is 2.33. The molecule has 0 bridgehead atoms. The van der Waals surface area contributed by atoms with E-state index >= 15 is 0 Å². The highest BCUT2D eigenvalue weighted by Gasteiger charge is 2.12. The zero-order valence-electron chi connectivity index (χ0n) is 9.70. The summed E-state index contributed by atoms with van der Waals surface area (Å²) in [4.78, 5) is 4.70. The molecule has 19 heavy (non-hydrogen) atoms. The molecule has 3 rings (SSSR count). The first-order valence-corrected chi connectivity index (χ1v) is 7.50. The molecule has 3 aromatic rings. The molecule has 0 fully saturated rings. The minimum absolute atomic E-state index is 0.694. The van der Waals surface area contributed by atoms with E-state index in [0.717, 1.165) is 30.8 Å². The van der Waals surface area contributed by atoms with E-state index in [4.69, 9.17) is 28.2 Å². The standard InChI is InChI=1S/C15H8Cl2IN/c16-10-5-3-4-9(8-10)15-14(18)13(17)11-6-1-2-7-12(11)19-15/h1-8H. The van der Waals surface area contributed by atoms with Crippen LogP contribution in [0, 0.1) is 3.57 Å². The predicted octanol–water partition coefficient (Wildman–Crippen LogP) is 5.81. The van der Waals surface area contributed by atoms with Gasteiger partial charge >= 0.3 is 0 Å². The number of para-hydroxylation sites is 1. The lowest BCUT2D eigenvalue weighted by atomic mass is 10.1. The molecule has 2 aromatic carbocycles. The quantitative estimate of drug-likeness (QED) is 0.470. The Bertz CT molecular complexity index is 771. The van der Waals surface area contributed by atoms with Gasteiger partial charge in [-0.3, -0.25) is 0 Å². The van der Waals surface area contributed by atoms with Gasteiger partial charge in [-0.1, -0.05) is 53.5 Å². The molecule has 0 amide bonds. The molecular weight excluding hydrogens is 392 g/mol. The monoisotopic (exact) mass is 399 g/mol. The summed E-state index contributed by atoms with van der Waals surface area (Å²) in [5, 5.41) is 2.40. The van der Waals surface area contributed by atoms with Gasteiger partial charge in [-0.25, -0.2) is 4.98 Å². The van der Waals surface area contributed by atoms with E-state index in [1.807, 2.05) is 48.5 Å². The van der Waals surface area contributed by atoms with Crippen LogP contribution in [-0.4, -0.2) is 4.98 Å². The van der Waals surface area contributed by atoms with E-state index in [2.05, 4.69) is 22.6 Å². The first-order valence-electron chi connectivity index (χ1n) is 5.66. The Morgan fingerprint density at radius 1 is 0.947 bits per heavy atom. The fourth-order valence-corrected chi connectivity index (χ4v) is 3.14. The van der Waals surface area contributed by atoms with Crippen molar-refractivity contribution < 1.29 is 0 Å². The summed E-state index contributed by atoms with van der Waals surface area (Å²) < 4.78 is 0.945. The number of pyridine rings is 1. The molecule has 94 valence electrons. The third-order valence-electron chi connectivity index (χ3n) is 2.87. The maximum atomic E-state index is 6.44. The number of halogens is 3. The van der Waals surface area contributed by atoms with Crippen molar-refractivity contribution >= 4 is 56.7 Å². The van der Waals surface area contributed by atoms with Crippen LogP contribution in [0.5, 0.6) is 0 Å². The van der Waals surface area contributed by atoms with Gasteiger partial charge in [0.05, 0.1) is 19.8 Å². The molecule has 4 heteroatoms. The van der Waals surface area contributed by atoms with Crippen LogP contribution in [0.1, 0.15) is 0 Å². The van der Waals surface area contributed by atoms with Crippen molar-refractivity contribution in [3.05, 3.63) is 62.1 Å². The van der Waals surface area contributed by atoms with E-state index in [9.17, 15) is 0 Å². The van der Waals surface area contributed by atoms with Gasteiger partial charge < -0.3 is 0 Å². The molecule has 0 saturated carbocycles. The molecule has 0 N–H and O–H groups in total. The Labute approximate surface area is 134 Å². The van der Waals surface area contributed by atoms with Gasteiger partial charge in [0.1, 0.15) is 0 Å². The van der Waals surface area contributed by atoms with Crippen molar-refractivity contribution in [1.82, 2.24) is 4.98 Å². The highest BCUT2D eigenvalue weighted by Crippen LogP contribution is 2.34. The van der Waals surface area contributed by atoms with Gasteiger partial charge in [-0.15, -0.1) is 0 Å². The maximum Gasteiger partial charge on any atom is 0.0858 e. The van der Waals surface area contributed by atoms with Crippen LogP contribution in [0.3, 0.4) is 0 Å². The van der Waals surface area contributed by atoms with Crippen molar-refractivity contribution in [2.24, 2.45) is 0 Å². The third kappa shape index (κ3) is 2.45. The second-order valence-corrected chi connectivity index (χ2v) is 6.01. The lowest BCUT2D eigenvalue weighted by Crippen LogP contribution is -1.92. The second-order valence-electron chi connectivity index (χ2n) is 4.12. The molecule has 0 aliphatic heterocycles. The fraction of sp³-hybridized carbons (Fsp3) is 0. The number of rotatable bonds is 1. The van der Waals surface area contributed by atoms with Gasteiger partial charge in [-0.2, -0.15) is 0 Å². The highest BCUT2D eigenvalue weighted by molar-refractivity contribution is 14.1. The first kappa shape index (κ1) is 13.2. The molecule has 0 saturated heterocycles. The maximum absolute atomic E-state index is 6.44. The average Bonchev–Trinajstić information content (AvgIpc) is 2.43. The van der Waals surface area contributed by atoms with Crippen LogP contribution >= 0.6 is 45.8 Å². The summed E-state index contributed by atoms with van der Waals surface area (Å²) in [5.41, 5.74) is 2.74. The highest BCUT2D eigenvalue weighted by atomic mass is 127. The van der Waals surface area contributed by atoms with E-state index < -0.39 is 0 Å². The van der Waals surface area contributed by atoms with Crippen LogP contribution in [0.2, 0.25) is 10.0 Å². The van der Waals surface area contributed by atoms with E-state index in [1.165, 1.54) is 0 Å². The molecule has 0 radical (unpaired) electrons. The van der Waals surface area contributed by atoms with Crippen molar-refractivity contribution in [1.29, 1.82) is 0 Å². The summed E-state index contributed by atoms with van der Waals surface area (Å²) >= 11 is 14.7. The lowest BCUT2D eigenvalue weighted by molar-refractivity contribution is 1.38. The van der Waals surface area contributed by atoms with Crippen molar-refractivity contribution in [2.45, 2.75) is 0 Å². The SMILES string of the molecule is Clc1cccc(-c2nc3ccccc3c(Cl)c2I)c1. The number of fused-ring (bicyclic) bond motifs is 1. The normalized spacial score (nSPS) is 10.9. The zero-order valence-corrected chi connectivity index (χ0v) is 13.4. The largest absolute Gasteiger partial charge is 0.247 e. The molecule has 0 aliphatic rings. The van der Waals surface area contributed by atoms with Crippen LogP contribution < -0.4 is 0 Å². The smallest absolute Gasteiger partial charge is 0.0858 e. The van der Waals surface area contributed by atoms with Crippen LogP contribution in [0.25, 0.3) is 22.2 Å². The van der Waals surface area contributed by atoms with Gasteiger partial charge in [0.2, 0.25) is 0 Å². The van der Waals surface area contributed by atoms with Crippen molar-refractivity contribution in [2.75, 3.05) is 0 Å². The van der Waals surface area contributed by atoms with E-state index in [1.54, 1.807) is 0 Å². The first-order chi connectivity index (χ1) is 9.16. The zero-order chi connectivity index (χ0) is 13.4. The fourth-order valence-electron chi connectivity index (χ4n) is 1.98. The van der Waals surface area contributed by atoms with Gasteiger partial charge in [0.15, 0.2) is 0 Å². The Kier molecular flexibility index (Phi) is 3.65. The third-order valence-corrected chi connectivity index (χ3v) is 4.87. The number of nitrogens with zero attached hydrogens (tertiary/aromatic N) is 1. The molecule has 1 aromatic heterocycles. The summed E-state index contributed by atoms with van der Waals surface area (Å²) in [6.45, 7) is 0. The molecule has 0 spiro atoms.